The van der Waals surface area contributed by atoms with Crippen molar-refractivity contribution in [3.8, 4) is 17.1 Å². The van der Waals surface area contributed by atoms with E-state index in [1.807, 2.05) is 36.5 Å². The SMILES string of the molecule is C=C(C)CCN(CCC)Cc1cccc(-c2nc3ccncc3n2-c2ccc(Cl)cc2)c1. The van der Waals surface area contributed by atoms with Crippen LogP contribution in [0.2, 0.25) is 5.02 Å². The van der Waals surface area contributed by atoms with Gasteiger partial charge in [0, 0.05) is 35.6 Å². The number of aromatic nitrogens is 3. The van der Waals surface area contributed by atoms with E-state index >= 15 is 0 Å². The number of hydrogen-bond donors (Lipinski definition) is 0. The molecule has 0 amide bonds. The molecule has 4 aromatic rings. The van der Waals surface area contributed by atoms with Gasteiger partial charge in [0.05, 0.1) is 17.2 Å². The highest BCUT2D eigenvalue weighted by Gasteiger charge is 2.15. The molecule has 0 unspecified atom stereocenters. The molecule has 2 heterocycles. The van der Waals surface area contributed by atoms with Crippen LogP contribution in [0.25, 0.3) is 28.1 Å². The zero-order valence-corrected chi connectivity index (χ0v) is 19.5. The van der Waals surface area contributed by atoms with E-state index in [0.29, 0.717) is 5.02 Å². The first-order chi connectivity index (χ1) is 15.5. The van der Waals surface area contributed by atoms with E-state index in [2.05, 4.69) is 59.1 Å². The summed E-state index contributed by atoms with van der Waals surface area (Å²) < 4.78 is 2.16. The van der Waals surface area contributed by atoms with Crippen LogP contribution in [0.3, 0.4) is 0 Å². The highest BCUT2D eigenvalue weighted by molar-refractivity contribution is 6.30. The van der Waals surface area contributed by atoms with Crippen molar-refractivity contribution in [3.05, 3.63) is 89.7 Å². The molecule has 0 radical (unpaired) electrons. The molecule has 2 aromatic heterocycles. The number of nitrogens with zero attached hydrogens (tertiary/aromatic N) is 4. The summed E-state index contributed by atoms with van der Waals surface area (Å²) in [7, 11) is 0. The van der Waals surface area contributed by atoms with Crippen LogP contribution >= 0.6 is 11.6 Å². The van der Waals surface area contributed by atoms with Crippen molar-refractivity contribution in [2.45, 2.75) is 33.2 Å². The fraction of sp³-hybridized carbons (Fsp3) is 0.259. The average Bonchev–Trinajstić information content (AvgIpc) is 3.18. The molecule has 4 rings (SSSR count). The monoisotopic (exact) mass is 444 g/mol. The number of halogens is 1. The van der Waals surface area contributed by atoms with Gasteiger partial charge in [-0.05, 0) is 68.3 Å². The van der Waals surface area contributed by atoms with Crippen molar-refractivity contribution >= 4 is 22.6 Å². The Kier molecular flexibility index (Phi) is 7.03. The molecule has 164 valence electrons. The van der Waals surface area contributed by atoms with E-state index in [4.69, 9.17) is 16.6 Å². The lowest BCUT2D eigenvalue weighted by molar-refractivity contribution is 0.269. The van der Waals surface area contributed by atoms with E-state index in [1.54, 1.807) is 6.20 Å². The summed E-state index contributed by atoms with van der Waals surface area (Å²) in [5.41, 5.74) is 6.51. The second-order valence-corrected chi connectivity index (χ2v) is 8.73. The molecule has 4 nitrogen and oxygen atoms in total. The fourth-order valence-electron chi connectivity index (χ4n) is 3.97. The number of hydrogen-bond acceptors (Lipinski definition) is 3. The molecular weight excluding hydrogens is 416 g/mol. The van der Waals surface area contributed by atoms with Crippen LogP contribution in [0.5, 0.6) is 0 Å². The van der Waals surface area contributed by atoms with Gasteiger partial charge in [-0.1, -0.05) is 42.3 Å². The molecule has 0 fully saturated rings. The van der Waals surface area contributed by atoms with Gasteiger partial charge in [0.2, 0.25) is 0 Å². The van der Waals surface area contributed by atoms with Gasteiger partial charge in [-0.15, -0.1) is 6.58 Å². The van der Waals surface area contributed by atoms with Crippen molar-refractivity contribution in [1.82, 2.24) is 19.4 Å². The summed E-state index contributed by atoms with van der Waals surface area (Å²) in [5, 5.41) is 0.714. The van der Waals surface area contributed by atoms with Gasteiger partial charge in [0.15, 0.2) is 0 Å². The molecule has 2 aromatic carbocycles. The van der Waals surface area contributed by atoms with E-state index in [-0.39, 0.29) is 0 Å². The van der Waals surface area contributed by atoms with Gasteiger partial charge in [-0.25, -0.2) is 4.98 Å². The van der Waals surface area contributed by atoms with Gasteiger partial charge in [-0.3, -0.25) is 14.5 Å². The van der Waals surface area contributed by atoms with Crippen LogP contribution in [0.15, 0.2) is 79.1 Å². The van der Waals surface area contributed by atoms with Crippen molar-refractivity contribution in [2.75, 3.05) is 13.1 Å². The maximum atomic E-state index is 6.14. The van der Waals surface area contributed by atoms with E-state index < -0.39 is 0 Å². The van der Waals surface area contributed by atoms with Crippen LogP contribution in [0.1, 0.15) is 32.3 Å². The van der Waals surface area contributed by atoms with Crippen LogP contribution in [0.4, 0.5) is 0 Å². The summed E-state index contributed by atoms with van der Waals surface area (Å²) in [6, 6.07) is 18.5. The lowest BCUT2D eigenvalue weighted by atomic mass is 10.1. The Hall–Kier alpha value is -2.95. The maximum absolute atomic E-state index is 6.14. The number of fused-ring (bicyclic) bond motifs is 1. The van der Waals surface area contributed by atoms with Crippen molar-refractivity contribution < 1.29 is 0 Å². The third-order valence-corrected chi connectivity index (χ3v) is 5.78. The van der Waals surface area contributed by atoms with Gasteiger partial charge >= 0.3 is 0 Å². The van der Waals surface area contributed by atoms with Crippen molar-refractivity contribution in [3.63, 3.8) is 0 Å². The summed E-state index contributed by atoms with van der Waals surface area (Å²) in [5.74, 6) is 0.904. The number of benzene rings is 2. The van der Waals surface area contributed by atoms with Crippen LogP contribution < -0.4 is 0 Å². The van der Waals surface area contributed by atoms with E-state index in [0.717, 1.165) is 60.6 Å². The third-order valence-electron chi connectivity index (χ3n) is 5.53. The van der Waals surface area contributed by atoms with Gasteiger partial charge in [0.1, 0.15) is 5.82 Å². The highest BCUT2D eigenvalue weighted by atomic mass is 35.5. The minimum Gasteiger partial charge on any atom is -0.299 e. The van der Waals surface area contributed by atoms with E-state index in [1.165, 1.54) is 11.1 Å². The topological polar surface area (TPSA) is 34.0 Å². The van der Waals surface area contributed by atoms with Crippen molar-refractivity contribution in [1.29, 1.82) is 0 Å². The average molecular weight is 445 g/mol. The molecule has 0 bridgehead atoms. The van der Waals surface area contributed by atoms with E-state index in [9.17, 15) is 0 Å². The number of rotatable bonds is 9. The largest absolute Gasteiger partial charge is 0.299 e. The first kappa shape index (κ1) is 22.3. The third kappa shape index (κ3) is 5.09. The first-order valence-corrected chi connectivity index (χ1v) is 11.5. The standard InChI is InChI=1S/C27H29ClN4/c1-4-15-31(16-13-20(2)3)19-21-6-5-7-22(17-21)27-30-25-12-14-29-18-26(25)32(27)24-10-8-23(28)9-11-24/h5-12,14,17-18H,2,4,13,15-16,19H2,1,3H3. The number of pyridine rings is 1. The Labute approximate surface area is 195 Å². The Morgan fingerprint density at radius 1 is 1.09 bits per heavy atom. The normalized spacial score (nSPS) is 11.4. The summed E-state index contributed by atoms with van der Waals surface area (Å²) in [4.78, 5) is 11.8. The molecule has 0 atom stereocenters. The lowest BCUT2D eigenvalue weighted by Crippen LogP contribution is -2.25. The summed E-state index contributed by atoms with van der Waals surface area (Å²) in [6.45, 7) is 11.4. The Morgan fingerprint density at radius 2 is 1.91 bits per heavy atom. The zero-order valence-electron chi connectivity index (χ0n) is 18.8. The summed E-state index contributed by atoms with van der Waals surface area (Å²) in [6.07, 6.45) is 5.81. The molecule has 0 spiro atoms. The van der Waals surface area contributed by atoms with Gasteiger partial charge in [-0.2, -0.15) is 0 Å². The Balaban J connectivity index is 1.73. The maximum Gasteiger partial charge on any atom is 0.145 e. The Bertz CT molecular complexity index is 1210. The molecule has 0 saturated carbocycles. The van der Waals surface area contributed by atoms with Gasteiger partial charge < -0.3 is 0 Å². The predicted molar refractivity (Wildman–Crippen MR) is 134 cm³/mol. The quantitative estimate of drug-likeness (QED) is 0.263. The van der Waals surface area contributed by atoms with Crippen LogP contribution in [-0.2, 0) is 6.54 Å². The molecule has 0 aliphatic carbocycles. The molecule has 0 aliphatic rings. The second kappa shape index (κ2) is 10.1. The first-order valence-electron chi connectivity index (χ1n) is 11.1. The van der Waals surface area contributed by atoms with Crippen LogP contribution in [0, 0.1) is 0 Å². The molecule has 0 N–H and O–H groups in total. The molecule has 5 heteroatoms. The highest BCUT2D eigenvalue weighted by Crippen LogP contribution is 2.29. The number of imidazole rings is 1. The van der Waals surface area contributed by atoms with Gasteiger partial charge in [0.25, 0.3) is 0 Å². The molecule has 0 saturated heterocycles. The fourth-order valence-corrected chi connectivity index (χ4v) is 4.10. The van der Waals surface area contributed by atoms with Crippen LogP contribution in [-0.4, -0.2) is 32.5 Å². The second-order valence-electron chi connectivity index (χ2n) is 8.30. The van der Waals surface area contributed by atoms with Crippen molar-refractivity contribution in [2.24, 2.45) is 0 Å². The molecule has 0 aliphatic heterocycles. The smallest absolute Gasteiger partial charge is 0.145 e. The minimum absolute atomic E-state index is 0.714. The molecule has 32 heavy (non-hydrogen) atoms. The zero-order chi connectivity index (χ0) is 22.5. The predicted octanol–water partition coefficient (Wildman–Crippen LogP) is 6.92. The minimum atomic E-state index is 0.714. The summed E-state index contributed by atoms with van der Waals surface area (Å²) >= 11 is 6.14. The molecular formula is C27H29ClN4. The Morgan fingerprint density at radius 3 is 2.66 bits per heavy atom. The lowest BCUT2D eigenvalue weighted by Gasteiger charge is -2.22.